The van der Waals surface area contributed by atoms with Crippen molar-refractivity contribution in [3.05, 3.63) is 89.9 Å². The molecule has 3 heterocycles. The van der Waals surface area contributed by atoms with Gasteiger partial charge in [-0.3, -0.25) is 19.2 Å². The summed E-state index contributed by atoms with van der Waals surface area (Å²) in [5.74, 6) is -1.08. The molecule has 2 N–H and O–H groups in total. The Labute approximate surface area is 209 Å². The van der Waals surface area contributed by atoms with Crippen LogP contribution < -0.4 is 10.0 Å². The van der Waals surface area contributed by atoms with E-state index in [0.29, 0.717) is 22.3 Å². The number of halogens is 2. The highest BCUT2D eigenvalue weighted by molar-refractivity contribution is 7.92. The number of sulfonamides is 1. The summed E-state index contributed by atoms with van der Waals surface area (Å²) in [4.78, 5) is 16.9. The van der Waals surface area contributed by atoms with E-state index in [4.69, 9.17) is 11.6 Å². The highest BCUT2D eigenvalue weighted by Crippen LogP contribution is 2.26. The summed E-state index contributed by atoms with van der Waals surface area (Å²) in [6.45, 7) is 0. The van der Waals surface area contributed by atoms with Gasteiger partial charge in [-0.25, -0.2) is 17.5 Å². The second-order valence-corrected chi connectivity index (χ2v) is 9.81. The fraction of sp³-hybridized carbons (Fsp3) is 0.0435. The van der Waals surface area contributed by atoms with Crippen molar-refractivity contribution in [1.82, 2.24) is 24.5 Å². The van der Waals surface area contributed by atoms with Crippen molar-refractivity contribution >= 4 is 49.8 Å². The zero-order valence-corrected chi connectivity index (χ0v) is 20.1. The van der Waals surface area contributed by atoms with E-state index in [1.165, 1.54) is 46.0 Å². The van der Waals surface area contributed by atoms with Crippen molar-refractivity contribution in [2.45, 2.75) is 4.90 Å². The van der Waals surface area contributed by atoms with E-state index in [1.807, 2.05) is 0 Å². The van der Waals surface area contributed by atoms with Gasteiger partial charge in [0.15, 0.2) is 0 Å². The summed E-state index contributed by atoms with van der Waals surface area (Å²) < 4.78 is 44.5. The highest BCUT2D eigenvalue weighted by Gasteiger charge is 2.20. The summed E-state index contributed by atoms with van der Waals surface area (Å²) in [6.07, 6.45) is 5.78. The fourth-order valence-corrected chi connectivity index (χ4v) is 4.75. The fourth-order valence-electron chi connectivity index (χ4n) is 3.59. The lowest BCUT2D eigenvalue weighted by molar-refractivity contribution is 0.101. The van der Waals surface area contributed by atoms with Crippen molar-refractivity contribution < 1.29 is 17.6 Å². The molecular weight excluding hydrogens is 509 g/mol. The van der Waals surface area contributed by atoms with E-state index in [0.717, 1.165) is 6.07 Å². The normalized spacial score (nSPS) is 11.5. The number of hydrogen-bond acceptors (Lipinski definition) is 6. The second-order valence-electron chi connectivity index (χ2n) is 7.72. The maximum Gasteiger partial charge on any atom is 0.274 e. The molecule has 0 spiro atoms. The van der Waals surface area contributed by atoms with Crippen LogP contribution in [0.4, 0.5) is 15.8 Å². The van der Waals surface area contributed by atoms with E-state index in [-0.39, 0.29) is 21.3 Å². The molecule has 13 heteroatoms. The Hall–Kier alpha value is -4.29. The van der Waals surface area contributed by atoms with Gasteiger partial charge in [0.05, 0.1) is 40.5 Å². The monoisotopic (exact) mass is 525 g/mol. The third-order valence-electron chi connectivity index (χ3n) is 5.26. The number of anilines is 2. The average molecular weight is 526 g/mol. The third-order valence-corrected chi connectivity index (χ3v) is 6.88. The number of carbonyl (C=O) groups is 1. The average Bonchev–Trinajstić information content (AvgIpc) is 3.46. The highest BCUT2D eigenvalue weighted by atomic mass is 35.5. The number of nitrogens with zero attached hydrogens (tertiary/aromatic N) is 5. The Morgan fingerprint density at radius 1 is 1.08 bits per heavy atom. The zero-order valence-electron chi connectivity index (χ0n) is 18.6. The first kappa shape index (κ1) is 23.5. The minimum Gasteiger partial charge on any atom is -0.321 e. The van der Waals surface area contributed by atoms with Crippen LogP contribution in [0, 0.1) is 5.82 Å². The molecule has 0 aliphatic rings. The Bertz CT molecular complexity index is 1720. The van der Waals surface area contributed by atoms with Crippen molar-refractivity contribution in [3.8, 4) is 5.69 Å². The van der Waals surface area contributed by atoms with Gasteiger partial charge in [-0.15, -0.1) is 0 Å². The van der Waals surface area contributed by atoms with Crippen LogP contribution in [0.5, 0.6) is 0 Å². The van der Waals surface area contributed by atoms with E-state index in [9.17, 15) is 17.6 Å². The maximum atomic E-state index is 13.4. The molecule has 0 aliphatic heterocycles. The van der Waals surface area contributed by atoms with Gasteiger partial charge in [-0.05, 0) is 48.5 Å². The summed E-state index contributed by atoms with van der Waals surface area (Å²) >= 11 is 5.79. The van der Waals surface area contributed by atoms with Crippen LogP contribution in [0.1, 0.15) is 10.5 Å². The summed E-state index contributed by atoms with van der Waals surface area (Å²) in [5.41, 5.74) is 1.81. The Morgan fingerprint density at radius 3 is 2.64 bits per heavy atom. The molecule has 0 unspecified atom stereocenters. The number of rotatable bonds is 6. The molecule has 0 bridgehead atoms. The molecule has 1 amide bonds. The summed E-state index contributed by atoms with van der Waals surface area (Å²) in [5, 5.41) is 11.5. The standard InChI is InChI=1S/C23H17ClFN7O3S/c1-31-22(23(33)28-14-5-7-20(25)19(24)9-14)18-6-4-15(10-21(18)29-31)30-36(34,35)17-12-27-32(13-17)16-3-2-8-26-11-16/h2-13,30H,1H3,(H,28,33). The molecule has 3 aromatic heterocycles. The SMILES string of the molecule is Cn1nc2cc(NS(=O)(=O)c3cnn(-c4cccnc4)c3)ccc2c1C(=O)Nc1ccc(F)c(Cl)c1. The lowest BCUT2D eigenvalue weighted by atomic mass is 10.2. The first-order valence-corrected chi connectivity index (χ1v) is 12.3. The number of benzene rings is 2. The van der Waals surface area contributed by atoms with Crippen LogP contribution in [-0.4, -0.2) is 38.9 Å². The molecule has 10 nitrogen and oxygen atoms in total. The van der Waals surface area contributed by atoms with Crippen molar-refractivity contribution in [2.24, 2.45) is 7.05 Å². The number of nitrogens with one attached hydrogen (secondary N) is 2. The predicted molar refractivity (Wildman–Crippen MR) is 132 cm³/mol. The number of aryl methyl sites for hydroxylation is 1. The molecule has 0 atom stereocenters. The minimum atomic E-state index is -3.95. The summed E-state index contributed by atoms with van der Waals surface area (Å²) in [6, 6.07) is 11.9. The molecule has 5 rings (SSSR count). The van der Waals surface area contributed by atoms with Crippen molar-refractivity contribution in [1.29, 1.82) is 0 Å². The van der Waals surface area contributed by atoms with E-state index < -0.39 is 21.7 Å². The van der Waals surface area contributed by atoms with Gasteiger partial charge in [-0.2, -0.15) is 10.2 Å². The zero-order chi connectivity index (χ0) is 25.4. The molecule has 0 fully saturated rings. The molecule has 0 saturated heterocycles. The molecule has 0 radical (unpaired) electrons. The van der Waals surface area contributed by atoms with Crippen LogP contribution in [0.25, 0.3) is 16.6 Å². The van der Waals surface area contributed by atoms with Crippen molar-refractivity contribution in [3.63, 3.8) is 0 Å². The second kappa shape index (κ2) is 9.06. The Morgan fingerprint density at radius 2 is 1.89 bits per heavy atom. The van der Waals surface area contributed by atoms with Gasteiger partial charge in [0.2, 0.25) is 0 Å². The molecule has 0 aliphatic carbocycles. The largest absolute Gasteiger partial charge is 0.321 e. The first-order valence-electron chi connectivity index (χ1n) is 10.4. The quantitative estimate of drug-likeness (QED) is 0.345. The van der Waals surface area contributed by atoms with Crippen molar-refractivity contribution in [2.75, 3.05) is 10.0 Å². The molecule has 2 aromatic carbocycles. The Kier molecular flexibility index (Phi) is 5.90. The number of amides is 1. The third kappa shape index (κ3) is 4.51. The Balaban J connectivity index is 1.39. The van der Waals surface area contributed by atoms with Gasteiger partial charge in [0, 0.05) is 24.3 Å². The lowest BCUT2D eigenvalue weighted by Crippen LogP contribution is -2.16. The summed E-state index contributed by atoms with van der Waals surface area (Å²) in [7, 11) is -2.36. The van der Waals surface area contributed by atoms with Gasteiger partial charge >= 0.3 is 0 Å². The van der Waals surface area contributed by atoms with Crippen LogP contribution in [-0.2, 0) is 17.1 Å². The predicted octanol–water partition coefficient (Wildman–Crippen LogP) is 4.00. The smallest absolute Gasteiger partial charge is 0.274 e. The van der Waals surface area contributed by atoms with Crippen LogP contribution in [0.2, 0.25) is 5.02 Å². The van der Waals surface area contributed by atoms with Gasteiger partial charge in [0.1, 0.15) is 16.4 Å². The van der Waals surface area contributed by atoms with Crippen LogP contribution in [0.15, 0.2) is 78.2 Å². The van der Waals surface area contributed by atoms with Gasteiger partial charge in [-0.1, -0.05) is 11.6 Å². The number of fused-ring (bicyclic) bond motifs is 1. The molecule has 36 heavy (non-hydrogen) atoms. The first-order chi connectivity index (χ1) is 17.2. The number of aromatic nitrogens is 5. The molecule has 182 valence electrons. The van der Waals surface area contributed by atoms with Crippen LogP contribution in [0.3, 0.4) is 0 Å². The van der Waals surface area contributed by atoms with Gasteiger partial charge in [0.25, 0.3) is 15.9 Å². The minimum absolute atomic E-state index is 0.0366. The molecule has 5 aromatic rings. The van der Waals surface area contributed by atoms with E-state index in [2.05, 4.69) is 25.2 Å². The van der Waals surface area contributed by atoms with Gasteiger partial charge < -0.3 is 5.32 Å². The van der Waals surface area contributed by atoms with Crippen LogP contribution >= 0.6 is 11.6 Å². The lowest BCUT2D eigenvalue weighted by Gasteiger charge is -2.07. The topological polar surface area (TPSA) is 124 Å². The number of pyridine rings is 1. The molecular formula is C23H17ClFN7O3S. The molecule has 0 saturated carbocycles. The van der Waals surface area contributed by atoms with E-state index >= 15 is 0 Å². The number of carbonyl (C=O) groups excluding carboxylic acids is 1. The van der Waals surface area contributed by atoms with E-state index in [1.54, 1.807) is 37.6 Å². The maximum absolute atomic E-state index is 13.4. The number of hydrogen-bond donors (Lipinski definition) is 2.